The number of nitro groups is 1. The molecule has 0 aliphatic heterocycles. The number of alkyl halides is 3. The fourth-order valence-electron chi connectivity index (χ4n) is 1.56. The molecule has 0 amide bonds. The molecule has 0 atom stereocenters. The first-order valence-corrected chi connectivity index (χ1v) is 5.55. The number of hydrogen-bond acceptors (Lipinski definition) is 5. The van der Waals surface area contributed by atoms with Crippen molar-refractivity contribution in [2.24, 2.45) is 0 Å². The maximum atomic E-state index is 12.5. The van der Waals surface area contributed by atoms with Gasteiger partial charge in [0.15, 0.2) is 0 Å². The van der Waals surface area contributed by atoms with Crippen LogP contribution in [0.1, 0.15) is 5.69 Å². The van der Waals surface area contributed by atoms with Crippen molar-refractivity contribution in [1.82, 2.24) is 4.98 Å². The van der Waals surface area contributed by atoms with E-state index in [1.54, 1.807) is 0 Å². The minimum absolute atomic E-state index is 0.0416. The van der Waals surface area contributed by atoms with Crippen LogP contribution >= 0.6 is 0 Å². The quantitative estimate of drug-likeness (QED) is 0.515. The fourth-order valence-corrected chi connectivity index (χ4v) is 1.56. The number of phenolic OH excluding ortho intramolecular Hbond substituents is 1. The predicted molar refractivity (Wildman–Crippen MR) is 67.3 cm³/mol. The van der Waals surface area contributed by atoms with Crippen molar-refractivity contribution in [3.8, 4) is 5.75 Å². The van der Waals surface area contributed by atoms with Crippen LogP contribution < -0.4 is 5.32 Å². The monoisotopic (exact) mass is 299 g/mol. The predicted octanol–water partition coefficient (Wildman–Crippen LogP) is 3.46. The molecule has 1 aromatic carbocycles. The Bertz CT molecular complexity index is 689. The van der Waals surface area contributed by atoms with E-state index in [1.807, 2.05) is 0 Å². The van der Waals surface area contributed by atoms with Crippen LogP contribution in [0.25, 0.3) is 0 Å². The lowest BCUT2D eigenvalue weighted by molar-refractivity contribution is -0.384. The molecule has 1 aromatic heterocycles. The van der Waals surface area contributed by atoms with Gasteiger partial charge in [-0.05, 0) is 18.2 Å². The highest BCUT2D eigenvalue weighted by atomic mass is 19.4. The molecule has 2 rings (SSSR count). The normalized spacial score (nSPS) is 11.2. The summed E-state index contributed by atoms with van der Waals surface area (Å²) in [5.41, 5.74) is -1.33. The van der Waals surface area contributed by atoms with Gasteiger partial charge in [0, 0.05) is 18.0 Å². The summed E-state index contributed by atoms with van der Waals surface area (Å²) in [6.45, 7) is 0. The molecule has 0 saturated carbocycles. The zero-order valence-corrected chi connectivity index (χ0v) is 10.3. The van der Waals surface area contributed by atoms with Gasteiger partial charge in [-0.2, -0.15) is 13.2 Å². The Hall–Kier alpha value is -2.84. The number of rotatable bonds is 3. The molecule has 0 bridgehead atoms. The van der Waals surface area contributed by atoms with Crippen molar-refractivity contribution in [1.29, 1.82) is 0 Å². The number of nitro benzene ring substituents is 1. The molecule has 0 saturated heterocycles. The summed E-state index contributed by atoms with van der Waals surface area (Å²) in [4.78, 5) is 13.0. The second-order valence-corrected chi connectivity index (χ2v) is 4.01. The topological polar surface area (TPSA) is 88.3 Å². The Morgan fingerprint density at radius 1 is 1.24 bits per heavy atom. The average molecular weight is 299 g/mol. The number of phenols is 1. The molecular formula is C12H8F3N3O3. The molecule has 2 N–H and O–H groups in total. The van der Waals surface area contributed by atoms with Gasteiger partial charge in [-0.25, -0.2) is 0 Å². The van der Waals surface area contributed by atoms with Gasteiger partial charge in [0.2, 0.25) is 0 Å². The van der Waals surface area contributed by atoms with E-state index in [1.165, 1.54) is 12.1 Å². The molecule has 0 unspecified atom stereocenters. The summed E-state index contributed by atoms with van der Waals surface area (Å²) in [6, 6.07) is 5.25. The maximum Gasteiger partial charge on any atom is 0.433 e. The first-order valence-electron chi connectivity index (χ1n) is 5.55. The number of hydrogen-bond donors (Lipinski definition) is 2. The molecule has 0 aliphatic rings. The summed E-state index contributed by atoms with van der Waals surface area (Å²) in [5, 5.41) is 22.7. The van der Waals surface area contributed by atoms with Crippen LogP contribution in [-0.4, -0.2) is 15.0 Å². The van der Waals surface area contributed by atoms with Gasteiger partial charge in [0.05, 0.1) is 16.7 Å². The second kappa shape index (κ2) is 5.27. The van der Waals surface area contributed by atoms with Crippen LogP contribution in [-0.2, 0) is 6.18 Å². The number of halogens is 3. The number of aromatic nitrogens is 1. The lowest BCUT2D eigenvalue weighted by atomic mass is 10.2. The van der Waals surface area contributed by atoms with Gasteiger partial charge in [0.1, 0.15) is 11.4 Å². The second-order valence-electron chi connectivity index (χ2n) is 4.01. The van der Waals surface area contributed by atoms with Crippen LogP contribution in [0, 0.1) is 10.1 Å². The number of pyridine rings is 1. The zero-order valence-electron chi connectivity index (χ0n) is 10.3. The number of aromatic hydroxyl groups is 1. The fraction of sp³-hybridized carbons (Fsp3) is 0.0833. The van der Waals surface area contributed by atoms with Gasteiger partial charge >= 0.3 is 6.18 Å². The molecule has 0 spiro atoms. The number of anilines is 2. The maximum absolute atomic E-state index is 12.5. The Morgan fingerprint density at radius 3 is 2.52 bits per heavy atom. The Morgan fingerprint density at radius 2 is 1.95 bits per heavy atom. The number of non-ortho nitro benzene ring substituents is 1. The van der Waals surface area contributed by atoms with Gasteiger partial charge in [-0.3, -0.25) is 15.1 Å². The molecule has 1 heterocycles. The smallest absolute Gasteiger partial charge is 0.433 e. The lowest BCUT2D eigenvalue weighted by Crippen LogP contribution is -2.08. The lowest BCUT2D eigenvalue weighted by Gasteiger charge is -2.10. The number of nitrogens with one attached hydrogen (secondary N) is 1. The van der Waals surface area contributed by atoms with Crippen molar-refractivity contribution in [2.45, 2.75) is 6.18 Å². The molecule has 0 radical (unpaired) electrons. The number of benzene rings is 1. The molecule has 6 nitrogen and oxygen atoms in total. The van der Waals surface area contributed by atoms with E-state index in [9.17, 15) is 28.4 Å². The van der Waals surface area contributed by atoms with Crippen LogP contribution in [0.4, 0.5) is 30.2 Å². The summed E-state index contributed by atoms with van der Waals surface area (Å²) in [5.74, 6) is -0.449. The first-order chi connectivity index (χ1) is 9.77. The molecule has 110 valence electrons. The average Bonchev–Trinajstić information content (AvgIpc) is 2.40. The van der Waals surface area contributed by atoms with Gasteiger partial charge in [0.25, 0.3) is 5.69 Å². The van der Waals surface area contributed by atoms with E-state index < -0.39 is 22.5 Å². The van der Waals surface area contributed by atoms with Crippen LogP contribution in [0.15, 0.2) is 36.5 Å². The molecule has 21 heavy (non-hydrogen) atoms. The molecule has 9 heteroatoms. The summed E-state index contributed by atoms with van der Waals surface area (Å²) in [7, 11) is 0. The first kappa shape index (κ1) is 14.6. The number of nitrogens with zero attached hydrogens (tertiary/aromatic N) is 2. The third-order valence-corrected chi connectivity index (χ3v) is 2.52. The summed E-state index contributed by atoms with van der Waals surface area (Å²) >= 11 is 0. The minimum Gasteiger partial charge on any atom is -0.506 e. The Balaban J connectivity index is 2.28. The Kier molecular flexibility index (Phi) is 3.66. The highest BCUT2D eigenvalue weighted by Gasteiger charge is 2.32. The van der Waals surface area contributed by atoms with Crippen molar-refractivity contribution in [2.75, 3.05) is 5.32 Å². The van der Waals surface area contributed by atoms with Crippen molar-refractivity contribution in [3.63, 3.8) is 0 Å². The molecule has 0 aliphatic carbocycles. The largest absolute Gasteiger partial charge is 0.506 e. The standard InChI is InChI=1S/C12H8F3N3O3/c13-12(14,15)11-5-7(3-4-16-11)17-9-2-1-8(18(20)21)6-10(9)19/h1-6,19H,(H,16,17). The van der Waals surface area contributed by atoms with Crippen LogP contribution in [0.3, 0.4) is 0 Å². The van der Waals surface area contributed by atoms with E-state index in [-0.39, 0.29) is 17.1 Å². The van der Waals surface area contributed by atoms with E-state index in [4.69, 9.17) is 0 Å². The van der Waals surface area contributed by atoms with E-state index in [0.717, 1.165) is 24.4 Å². The highest BCUT2D eigenvalue weighted by Crippen LogP contribution is 2.33. The Labute approximate surface area is 116 Å². The van der Waals surface area contributed by atoms with Crippen LogP contribution in [0.2, 0.25) is 0 Å². The molecule has 2 aromatic rings. The molecule has 0 fully saturated rings. The van der Waals surface area contributed by atoms with Gasteiger partial charge < -0.3 is 10.4 Å². The van der Waals surface area contributed by atoms with E-state index >= 15 is 0 Å². The van der Waals surface area contributed by atoms with Gasteiger partial charge in [-0.15, -0.1) is 0 Å². The highest BCUT2D eigenvalue weighted by molar-refractivity contribution is 5.67. The van der Waals surface area contributed by atoms with Crippen LogP contribution in [0.5, 0.6) is 5.75 Å². The molecular weight excluding hydrogens is 291 g/mol. The van der Waals surface area contributed by atoms with Gasteiger partial charge in [-0.1, -0.05) is 0 Å². The third kappa shape index (κ3) is 3.38. The third-order valence-electron chi connectivity index (χ3n) is 2.52. The SMILES string of the molecule is O=[N+]([O-])c1ccc(Nc2ccnc(C(F)(F)F)c2)c(O)c1. The van der Waals surface area contributed by atoms with Crippen molar-refractivity contribution in [3.05, 3.63) is 52.3 Å². The zero-order chi connectivity index (χ0) is 15.6. The minimum atomic E-state index is -4.59. The summed E-state index contributed by atoms with van der Waals surface area (Å²) in [6.07, 6.45) is -3.62. The van der Waals surface area contributed by atoms with Crippen molar-refractivity contribution >= 4 is 17.1 Å². The van der Waals surface area contributed by atoms with Crippen molar-refractivity contribution < 1.29 is 23.2 Å². The summed E-state index contributed by atoms with van der Waals surface area (Å²) < 4.78 is 37.5. The van der Waals surface area contributed by atoms with E-state index in [0.29, 0.717) is 0 Å². The van der Waals surface area contributed by atoms with E-state index in [2.05, 4.69) is 10.3 Å².